The van der Waals surface area contributed by atoms with Crippen LogP contribution in [0.25, 0.3) is 0 Å². The molecule has 2 fully saturated rings. The molecule has 9 heavy (non-hydrogen) atoms. The van der Waals surface area contributed by atoms with Crippen molar-refractivity contribution in [3.05, 3.63) is 0 Å². The van der Waals surface area contributed by atoms with E-state index in [4.69, 9.17) is 0 Å². The van der Waals surface area contributed by atoms with Gasteiger partial charge in [-0.15, -0.1) is 0 Å². The molecule has 1 unspecified atom stereocenters. The third-order valence-corrected chi connectivity index (χ3v) is 3.16. The van der Waals surface area contributed by atoms with E-state index in [0.29, 0.717) is 11.8 Å². The minimum atomic E-state index is -0.253. The van der Waals surface area contributed by atoms with Gasteiger partial charge in [0.1, 0.15) is 0 Å². The predicted molar refractivity (Wildman–Crippen MR) is 36.1 cm³/mol. The van der Waals surface area contributed by atoms with E-state index in [1.165, 1.54) is 25.7 Å². The first kappa shape index (κ1) is 5.72. The van der Waals surface area contributed by atoms with Gasteiger partial charge in [-0.25, -0.2) is 0 Å². The fraction of sp³-hybridized carbons (Fsp3) is 1.00. The molecule has 52 valence electrons. The highest BCUT2D eigenvalue weighted by Crippen LogP contribution is 2.58. The van der Waals surface area contributed by atoms with Gasteiger partial charge in [0, 0.05) is 0 Å². The van der Waals surface area contributed by atoms with Crippen LogP contribution in [0.3, 0.4) is 0 Å². The van der Waals surface area contributed by atoms with Crippen molar-refractivity contribution in [1.29, 1.82) is 0 Å². The average molecular weight is 126 g/mol. The number of aliphatic hydroxyl groups is 1. The molecular weight excluding hydrogens is 112 g/mol. The van der Waals surface area contributed by atoms with E-state index in [0.717, 1.165) is 0 Å². The number of fused-ring (bicyclic) bond motifs is 1. The second-order valence-corrected chi connectivity index (χ2v) is 3.72. The first-order valence-corrected chi connectivity index (χ1v) is 3.95. The van der Waals surface area contributed by atoms with Crippen LogP contribution in [0.1, 0.15) is 32.6 Å². The molecule has 0 aromatic rings. The molecule has 2 aliphatic carbocycles. The molecule has 0 spiro atoms. The van der Waals surface area contributed by atoms with E-state index in [9.17, 15) is 5.11 Å². The third kappa shape index (κ3) is 0.644. The summed E-state index contributed by atoms with van der Waals surface area (Å²) in [6.45, 7) is 1.99. The fourth-order valence-electron chi connectivity index (χ4n) is 2.40. The topological polar surface area (TPSA) is 20.2 Å². The second kappa shape index (κ2) is 1.51. The predicted octanol–water partition coefficient (Wildman–Crippen LogP) is 1.56. The zero-order valence-corrected chi connectivity index (χ0v) is 5.93. The van der Waals surface area contributed by atoms with Gasteiger partial charge in [0.05, 0.1) is 5.60 Å². The van der Waals surface area contributed by atoms with Gasteiger partial charge in [0.25, 0.3) is 0 Å². The summed E-state index contributed by atoms with van der Waals surface area (Å²) in [6, 6.07) is 0. The molecule has 0 heterocycles. The molecule has 0 aromatic carbocycles. The van der Waals surface area contributed by atoms with Gasteiger partial charge in [0.15, 0.2) is 0 Å². The third-order valence-electron chi connectivity index (χ3n) is 3.16. The van der Waals surface area contributed by atoms with Crippen LogP contribution in [0.2, 0.25) is 0 Å². The number of hydrogen-bond donors (Lipinski definition) is 1. The van der Waals surface area contributed by atoms with Crippen LogP contribution in [0.4, 0.5) is 0 Å². The first-order chi connectivity index (χ1) is 4.23. The Morgan fingerprint density at radius 1 is 1.22 bits per heavy atom. The van der Waals surface area contributed by atoms with E-state index < -0.39 is 0 Å². The van der Waals surface area contributed by atoms with E-state index >= 15 is 0 Å². The molecule has 2 saturated carbocycles. The van der Waals surface area contributed by atoms with Crippen molar-refractivity contribution in [1.82, 2.24) is 0 Å². The van der Waals surface area contributed by atoms with Crippen LogP contribution in [0.15, 0.2) is 0 Å². The molecule has 1 heteroatoms. The number of hydrogen-bond acceptors (Lipinski definition) is 1. The summed E-state index contributed by atoms with van der Waals surface area (Å²) in [6.07, 6.45) is 5.24. The van der Waals surface area contributed by atoms with Crippen molar-refractivity contribution in [3.63, 3.8) is 0 Å². The Hall–Kier alpha value is -0.0400. The van der Waals surface area contributed by atoms with Gasteiger partial charge in [0.2, 0.25) is 0 Å². The Balaban J connectivity index is 2.06. The summed E-state index contributed by atoms with van der Waals surface area (Å²) in [7, 11) is 0. The van der Waals surface area contributed by atoms with Crippen molar-refractivity contribution in [2.45, 2.75) is 38.2 Å². The van der Waals surface area contributed by atoms with Crippen LogP contribution >= 0.6 is 0 Å². The standard InChI is InChI=1S/C8H14O/c1-8(9)6-4-2-3-5-7(6)8/h6-7,9H,2-5H2,1H3/t6-,7+,8?. The van der Waals surface area contributed by atoms with Gasteiger partial charge in [-0.3, -0.25) is 0 Å². The van der Waals surface area contributed by atoms with Crippen LogP contribution < -0.4 is 0 Å². The van der Waals surface area contributed by atoms with E-state index in [2.05, 4.69) is 0 Å². The molecule has 0 bridgehead atoms. The molecule has 0 aliphatic heterocycles. The number of rotatable bonds is 0. The van der Waals surface area contributed by atoms with Crippen molar-refractivity contribution in [2.24, 2.45) is 11.8 Å². The monoisotopic (exact) mass is 126 g/mol. The quantitative estimate of drug-likeness (QED) is 0.522. The normalized spacial score (nSPS) is 56.7. The van der Waals surface area contributed by atoms with Crippen molar-refractivity contribution in [2.75, 3.05) is 0 Å². The Morgan fingerprint density at radius 2 is 1.67 bits per heavy atom. The summed E-state index contributed by atoms with van der Waals surface area (Å²) < 4.78 is 0. The maximum absolute atomic E-state index is 9.59. The zero-order chi connectivity index (χ0) is 6.48. The average Bonchev–Trinajstić information content (AvgIpc) is 2.39. The molecule has 0 amide bonds. The van der Waals surface area contributed by atoms with Crippen molar-refractivity contribution in [3.8, 4) is 0 Å². The van der Waals surface area contributed by atoms with E-state index in [-0.39, 0.29) is 5.60 Å². The van der Waals surface area contributed by atoms with Crippen molar-refractivity contribution < 1.29 is 5.11 Å². The van der Waals surface area contributed by atoms with Gasteiger partial charge in [-0.05, 0) is 31.6 Å². The Bertz CT molecular complexity index is 115. The first-order valence-electron chi connectivity index (χ1n) is 3.95. The molecule has 2 aliphatic rings. The highest BCUT2D eigenvalue weighted by molar-refractivity contribution is 5.10. The molecule has 0 radical (unpaired) electrons. The summed E-state index contributed by atoms with van der Waals surface area (Å²) >= 11 is 0. The van der Waals surface area contributed by atoms with Crippen molar-refractivity contribution >= 4 is 0 Å². The Kier molecular flexibility index (Phi) is 0.963. The zero-order valence-electron chi connectivity index (χ0n) is 5.93. The molecule has 0 saturated heterocycles. The smallest absolute Gasteiger partial charge is 0.0683 e. The van der Waals surface area contributed by atoms with E-state index in [1.807, 2.05) is 6.92 Å². The fourth-order valence-corrected chi connectivity index (χ4v) is 2.40. The Morgan fingerprint density at radius 3 is 2.00 bits per heavy atom. The maximum atomic E-state index is 9.59. The lowest BCUT2D eigenvalue weighted by Crippen LogP contribution is -2.04. The Labute approximate surface area is 56.1 Å². The summed E-state index contributed by atoms with van der Waals surface area (Å²) in [5, 5.41) is 9.59. The minimum absolute atomic E-state index is 0.253. The lowest BCUT2D eigenvalue weighted by atomic mass is 10.0. The lowest BCUT2D eigenvalue weighted by Gasteiger charge is -2.04. The highest BCUT2D eigenvalue weighted by Gasteiger charge is 2.60. The molecule has 2 rings (SSSR count). The lowest BCUT2D eigenvalue weighted by molar-refractivity contribution is 0.139. The van der Waals surface area contributed by atoms with Crippen LogP contribution in [-0.4, -0.2) is 10.7 Å². The maximum Gasteiger partial charge on any atom is 0.0683 e. The molecule has 1 nitrogen and oxygen atoms in total. The summed E-state index contributed by atoms with van der Waals surface area (Å²) in [4.78, 5) is 0. The van der Waals surface area contributed by atoms with Crippen LogP contribution in [0.5, 0.6) is 0 Å². The molecular formula is C8H14O. The highest BCUT2D eigenvalue weighted by atomic mass is 16.3. The SMILES string of the molecule is CC1(O)[C@@H]2CCCC[C@@H]21. The molecule has 0 aromatic heterocycles. The van der Waals surface area contributed by atoms with Crippen LogP contribution in [0, 0.1) is 11.8 Å². The van der Waals surface area contributed by atoms with Crippen LogP contribution in [-0.2, 0) is 0 Å². The van der Waals surface area contributed by atoms with E-state index in [1.54, 1.807) is 0 Å². The van der Waals surface area contributed by atoms with Gasteiger partial charge in [-0.1, -0.05) is 12.8 Å². The van der Waals surface area contributed by atoms with Gasteiger partial charge >= 0.3 is 0 Å². The molecule has 3 atom stereocenters. The minimum Gasteiger partial charge on any atom is -0.390 e. The van der Waals surface area contributed by atoms with Gasteiger partial charge < -0.3 is 5.11 Å². The molecule has 1 N–H and O–H groups in total. The second-order valence-electron chi connectivity index (χ2n) is 3.72. The van der Waals surface area contributed by atoms with Gasteiger partial charge in [-0.2, -0.15) is 0 Å². The summed E-state index contributed by atoms with van der Waals surface area (Å²) in [5.74, 6) is 1.34. The summed E-state index contributed by atoms with van der Waals surface area (Å²) in [5.41, 5.74) is -0.253. The largest absolute Gasteiger partial charge is 0.390 e.